The molecule has 4 nitrogen and oxygen atoms in total. The van der Waals surface area contributed by atoms with Gasteiger partial charge in [-0.15, -0.1) is 11.3 Å². The monoisotopic (exact) mass is 445 g/mol. The van der Waals surface area contributed by atoms with Crippen molar-refractivity contribution < 1.29 is 22.4 Å². The lowest BCUT2D eigenvalue weighted by Gasteiger charge is -2.09. The minimum Gasteiger partial charge on any atom is -0.348 e. The lowest BCUT2D eigenvalue weighted by atomic mass is 10.1. The van der Waals surface area contributed by atoms with Crippen LogP contribution in [0, 0.1) is 5.82 Å². The van der Waals surface area contributed by atoms with Crippen LogP contribution < -0.4 is 5.32 Å². The fourth-order valence-electron chi connectivity index (χ4n) is 3.02. The molecule has 0 saturated heterocycles. The highest BCUT2D eigenvalue weighted by Crippen LogP contribution is 2.30. The van der Waals surface area contributed by atoms with Gasteiger partial charge in [-0.1, -0.05) is 24.3 Å². The number of alkyl halides is 3. The molecule has 0 fully saturated rings. The summed E-state index contributed by atoms with van der Waals surface area (Å²) in [7, 11) is 0. The molecule has 0 spiro atoms. The van der Waals surface area contributed by atoms with E-state index in [4.69, 9.17) is 0 Å². The standard InChI is InChI=1S/C22H15F4N3OS/c23-18-11-15(22(24,25)26)8-9-17(18)21(30)27-12-14-13-29(16-5-2-1-3-6-16)28-20(14)19-7-4-10-31-19/h1-11,13H,12H2,(H,27,30). The van der Waals surface area contributed by atoms with E-state index in [9.17, 15) is 22.4 Å². The number of thiophene rings is 1. The molecule has 0 bridgehead atoms. The van der Waals surface area contributed by atoms with Gasteiger partial charge >= 0.3 is 6.18 Å². The van der Waals surface area contributed by atoms with Crippen molar-refractivity contribution in [3.05, 3.63) is 94.7 Å². The van der Waals surface area contributed by atoms with Crippen LogP contribution in [0.15, 0.2) is 72.2 Å². The summed E-state index contributed by atoms with van der Waals surface area (Å²) < 4.78 is 53.9. The van der Waals surface area contributed by atoms with Gasteiger partial charge in [0.05, 0.1) is 21.7 Å². The number of hydrogen-bond donors (Lipinski definition) is 1. The topological polar surface area (TPSA) is 46.9 Å². The fourth-order valence-corrected chi connectivity index (χ4v) is 3.76. The van der Waals surface area contributed by atoms with Crippen LogP contribution in [0.2, 0.25) is 0 Å². The van der Waals surface area contributed by atoms with Crippen molar-refractivity contribution in [1.82, 2.24) is 15.1 Å². The fraction of sp³-hybridized carbons (Fsp3) is 0.0909. The zero-order chi connectivity index (χ0) is 22.0. The van der Waals surface area contributed by atoms with Gasteiger partial charge in [0, 0.05) is 18.3 Å². The average molecular weight is 445 g/mol. The molecule has 0 atom stereocenters. The normalized spacial score (nSPS) is 11.5. The number of hydrogen-bond acceptors (Lipinski definition) is 3. The summed E-state index contributed by atoms with van der Waals surface area (Å²) >= 11 is 1.48. The number of aromatic nitrogens is 2. The van der Waals surface area contributed by atoms with Gasteiger partial charge in [0.15, 0.2) is 0 Å². The van der Waals surface area contributed by atoms with Crippen LogP contribution in [0.3, 0.4) is 0 Å². The highest BCUT2D eigenvalue weighted by molar-refractivity contribution is 7.13. The highest BCUT2D eigenvalue weighted by atomic mass is 32.1. The van der Waals surface area contributed by atoms with Gasteiger partial charge in [0.2, 0.25) is 0 Å². The first kappa shape index (κ1) is 20.8. The Hall–Kier alpha value is -3.46. The van der Waals surface area contributed by atoms with Crippen molar-refractivity contribution in [2.24, 2.45) is 0 Å². The Morgan fingerprint density at radius 2 is 1.84 bits per heavy atom. The third-order valence-electron chi connectivity index (χ3n) is 4.55. The van der Waals surface area contributed by atoms with E-state index in [0.29, 0.717) is 23.4 Å². The molecule has 9 heteroatoms. The number of nitrogens with one attached hydrogen (secondary N) is 1. The molecule has 2 heterocycles. The minimum absolute atomic E-state index is 0.0271. The largest absolute Gasteiger partial charge is 0.416 e. The van der Waals surface area contributed by atoms with Crippen molar-refractivity contribution in [1.29, 1.82) is 0 Å². The molecule has 1 N–H and O–H groups in total. The number of halogens is 4. The quantitative estimate of drug-likeness (QED) is 0.401. The van der Waals surface area contributed by atoms with Gasteiger partial charge in [-0.3, -0.25) is 4.79 Å². The first-order valence-corrected chi connectivity index (χ1v) is 10.0. The molecule has 4 aromatic rings. The van der Waals surface area contributed by atoms with E-state index in [0.717, 1.165) is 16.6 Å². The number of amides is 1. The van der Waals surface area contributed by atoms with Crippen LogP contribution >= 0.6 is 11.3 Å². The number of nitrogens with zero attached hydrogens (tertiary/aromatic N) is 2. The smallest absolute Gasteiger partial charge is 0.348 e. The summed E-state index contributed by atoms with van der Waals surface area (Å²) in [6, 6.07) is 15.0. The Morgan fingerprint density at radius 1 is 1.06 bits per heavy atom. The maximum atomic E-state index is 14.1. The Morgan fingerprint density at radius 3 is 2.48 bits per heavy atom. The van der Waals surface area contributed by atoms with Crippen LogP contribution in [-0.2, 0) is 12.7 Å². The minimum atomic E-state index is -4.68. The Kier molecular flexibility index (Phi) is 5.60. The Labute approximate surface area is 178 Å². The van der Waals surface area contributed by atoms with Gasteiger partial charge in [-0.25, -0.2) is 9.07 Å². The SMILES string of the molecule is O=C(NCc1cn(-c2ccccc2)nc1-c1cccs1)c1ccc(C(F)(F)F)cc1F. The van der Waals surface area contributed by atoms with Crippen molar-refractivity contribution in [2.45, 2.75) is 12.7 Å². The molecular weight excluding hydrogens is 430 g/mol. The maximum Gasteiger partial charge on any atom is 0.416 e. The summed E-state index contributed by atoms with van der Waals surface area (Å²) in [5, 5.41) is 9.08. The van der Waals surface area contributed by atoms with E-state index >= 15 is 0 Å². The predicted molar refractivity (Wildman–Crippen MR) is 109 cm³/mol. The molecule has 2 aromatic carbocycles. The van der Waals surface area contributed by atoms with Crippen LogP contribution in [0.25, 0.3) is 16.3 Å². The van der Waals surface area contributed by atoms with Crippen LogP contribution in [0.1, 0.15) is 21.5 Å². The van der Waals surface area contributed by atoms with Gasteiger partial charge in [-0.2, -0.15) is 18.3 Å². The van der Waals surface area contributed by atoms with E-state index in [2.05, 4.69) is 10.4 Å². The molecule has 4 rings (SSSR count). The van der Waals surface area contributed by atoms with Crippen LogP contribution in [0.5, 0.6) is 0 Å². The van der Waals surface area contributed by atoms with Gasteiger partial charge < -0.3 is 5.32 Å². The molecule has 0 aliphatic carbocycles. The van der Waals surface area contributed by atoms with Crippen molar-refractivity contribution in [2.75, 3.05) is 0 Å². The first-order chi connectivity index (χ1) is 14.8. The molecule has 31 heavy (non-hydrogen) atoms. The first-order valence-electron chi connectivity index (χ1n) is 9.16. The van der Waals surface area contributed by atoms with E-state index in [1.165, 1.54) is 11.3 Å². The maximum absolute atomic E-state index is 14.1. The van der Waals surface area contributed by atoms with Crippen molar-refractivity contribution in [3.63, 3.8) is 0 Å². The molecule has 0 aliphatic rings. The molecule has 2 aromatic heterocycles. The van der Waals surface area contributed by atoms with E-state index in [1.807, 2.05) is 47.8 Å². The number of carbonyl (C=O) groups excluding carboxylic acids is 1. The summed E-state index contributed by atoms with van der Waals surface area (Å²) in [6.07, 6.45) is -2.93. The molecule has 158 valence electrons. The molecule has 0 aliphatic heterocycles. The highest BCUT2D eigenvalue weighted by Gasteiger charge is 2.31. The zero-order valence-corrected chi connectivity index (χ0v) is 16.7. The molecule has 0 saturated carbocycles. The Balaban J connectivity index is 1.58. The van der Waals surface area contributed by atoms with Crippen molar-refractivity contribution >= 4 is 17.2 Å². The predicted octanol–water partition coefficient (Wildman–Crippen LogP) is 5.69. The third kappa shape index (κ3) is 4.51. The van der Waals surface area contributed by atoms with Gasteiger partial charge in [0.25, 0.3) is 5.91 Å². The number of rotatable bonds is 5. The Bertz CT molecular complexity index is 1200. The number of para-hydroxylation sites is 1. The second kappa shape index (κ2) is 8.35. The summed E-state index contributed by atoms with van der Waals surface area (Å²) in [5.41, 5.74) is 0.567. The second-order valence-corrected chi connectivity index (χ2v) is 7.58. The van der Waals surface area contributed by atoms with Crippen molar-refractivity contribution in [3.8, 4) is 16.3 Å². The van der Waals surface area contributed by atoms with Gasteiger partial charge in [-0.05, 0) is 41.8 Å². The van der Waals surface area contributed by atoms with Crippen LogP contribution in [-0.4, -0.2) is 15.7 Å². The van der Waals surface area contributed by atoms with Crippen LogP contribution in [0.4, 0.5) is 17.6 Å². The molecule has 0 unspecified atom stereocenters. The van der Waals surface area contributed by atoms with E-state index < -0.39 is 29.0 Å². The number of benzene rings is 2. The summed E-state index contributed by atoms with van der Waals surface area (Å²) in [5.74, 6) is -2.04. The second-order valence-electron chi connectivity index (χ2n) is 6.64. The summed E-state index contributed by atoms with van der Waals surface area (Å²) in [4.78, 5) is 13.3. The van der Waals surface area contributed by atoms with E-state index in [1.54, 1.807) is 10.9 Å². The molecule has 1 amide bonds. The third-order valence-corrected chi connectivity index (χ3v) is 5.42. The molecule has 0 radical (unpaired) electrons. The lowest BCUT2D eigenvalue weighted by Crippen LogP contribution is -2.24. The van der Waals surface area contributed by atoms with E-state index in [-0.39, 0.29) is 6.54 Å². The lowest BCUT2D eigenvalue weighted by molar-refractivity contribution is -0.137. The summed E-state index contributed by atoms with van der Waals surface area (Å²) in [6.45, 7) is 0.0271. The molecular formula is C22H15F4N3OS. The average Bonchev–Trinajstić information content (AvgIpc) is 3.41. The number of carbonyl (C=O) groups is 1. The zero-order valence-electron chi connectivity index (χ0n) is 15.9. The van der Waals surface area contributed by atoms with Gasteiger partial charge in [0.1, 0.15) is 11.5 Å².